The van der Waals surface area contributed by atoms with Crippen molar-refractivity contribution < 1.29 is 5.11 Å². The van der Waals surface area contributed by atoms with E-state index >= 15 is 0 Å². The zero-order chi connectivity index (χ0) is 9.42. The predicted molar refractivity (Wildman–Crippen MR) is 58.0 cm³/mol. The van der Waals surface area contributed by atoms with E-state index in [0.29, 0.717) is 5.75 Å². The summed E-state index contributed by atoms with van der Waals surface area (Å²) in [4.78, 5) is 0. The summed E-state index contributed by atoms with van der Waals surface area (Å²) >= 11 is 3.47. The van der Waals surface area contributed by atoms with Crippen LogP contribution >= 0.6 is 15.9 Å². The number of aromatic hydroxyl groups is 1. The second kappa shape index (κ2) is 3.04. The summed E-state index contributed by atoms with van der Waals surface area (Å²) in [6.07, 6.45) is 0. The Hall–Kier alpha value is -1.02. The molecule has 0 radical (unpaired) electrons. The second-order valence-electron chi connectivity index (χ2n) is 3.04. The molecule has 0 atom stereocenters. The number of benzene rings is 2. The number of aryl methyl sites for hydroxylation is 1. The molecule has 0 aliphatic heterocycles. The number of hydrogen-bond donors (Lipinski definition) is 1. The molecule has 0 aliphatic rings. The van der Waals surface area contributed by atoms with E-state index in [1.54, 1.807) is 6.07 Å². The third kappa shape index (κ3) is 1.31. The van der Waals surface area contributed by atoms with Crippen LogP contribution < -0.4 is 0 Å². The van der Waals surface area contributed by atoms with Crippen LogP contribution in [0.15, 0.2) is 34.8 Å². The van der Waals surface area contributed by atoms with Gasteiger partial charge in [0, 0.05) is 4.47 Å². The molecule has 0 amide bonds. The van der Waals surface area contributed by atoms with Crippen molar-refractivity contribution in [3.05, 3.63) is 40.4 Å². The summed E-state index contributed by atoms with van der Waals surface area (Å²) in [6, 6.07) is 9.62. The lowest BCUT2D eigenvalue weighted by molar-refractivity contribution is 0.472. The molecule has 1 N–H and O–H groups in total. The third-order valence-electron chi connectivity index (χ3n) is 2.25. The summed E-state index contributed by atoms with van der Waals surface area (Å²) < 4.78 is 1.06. The molecule has 13 heavy (non-hydrogen) atoms. The van der Waals surface area contributed by atoms with Gasteiger partial charge in [0.15, 0.2) is 0 Å². The summed E-state index contributed by atoms with van der Waals surface area (Å²) in [7, 11) is 0. The highest BCUT2D eigenvalue weighted by Crippen LogP contribution is 2.30. The van der Waals surface area contributed by atoms with Gasteiger partial charge in [-0.05, 0) is 41.5 Å². The number of phenolic OH excluding ortho intramolecular Hbond substituents is 1. The normalized spacial score (nSPS) is 10.6. The van der Waals surface area contributed by atoms with Crippen LogP contribution in [-0.2, 0) is 0 Å². The molecule has 0 saturated carbocycles. The summed E-state index contributed by atoms with van der Waals surface area (Å²) in [5.74, 6) is 0.352. The Morgan fingerprint density at radius 2 is 1.85 bits per heavy atom. The topological polar surface area (TPSA) is 20.2 Å². The minimum Gasteiger partial charge on any atom is -0.508 e. The zero-order valence-electron chi connectivity index (χ0n) is 7.21. The van der Waals surface area contributed by atoms with Crippen LogP contribution in [0.2, 0.25) is 0 Å². The zero-order valence-corrected chi connectivity index (χ0v) is 8.80. The molecule has 1 nitrogen and oxygen atoms in total. The van der Waals surface area contributed by atoms with Gasteiger partial charge in [-0.1, -0.05) is 28.1 Å². The van der Waals surface area contributed by atoms with Crippen LogP contribution in [0.3, 0.4) is 0 Å². The van der Waals surface area contributed by atoms with Crippen molar-refractivity contribution in [3.8, 4) is 5.75 Å². The molecule has 0 aromatic heterocycles. The van der Waals surface area contributed by atoms with Gasteiger partial charge in [-0.15, -0.1) is 0 Å². The smallest absolute Gasteiger partial charge is 0.119 e. The Kier molecular flexibility index (Phi) is 2.00. The first-order chi connectivity index (χ1) is 6.20. The lowest BCUT2D eigenvalue weighted by Crippen LogP contribution is -1.80. The van der Waals surface area contributed by atoms with Crippen molar-refractivity contribution in [3.63, 3.8) is 0 Å². The van der Waals surface area contributed by atoms with Gasteiger partial charge in [0.25, 0.3) is 0 Å². The maximum atomic E-state index is 9.49. The molecule has 2 rings (SSSR count). The monoisotopic (exact) mass is 236 g/mol. The van der Waals surface area contributed by atoms with Gasteiger partial charge in [0.1, 0.15) is 5.75 Å². The Balaban J connectivity index is 2.94. The van der Waals surface area contributed by atoms with E-state index < -0.39 is 0 Å². The Bertz CT molecular complexity index is 463. The molecule has 66 valence electrons. The molecule has 2 aromatic rings. The van der Waals surface area contributed by atoms with E-state index in [2.05, 4.69) is 15.9 Å². The number of rotatable bonds is 0. The Morgan fingerprint density at radius 1 is 1.08 bits per heavy atom. The van der Waals surface area contributed by atoms with Gasteiger partial charge in [-0.25, -0.2) is 0 Å². The second-order valence-corrected chi connectivity index (χ2v) is 3.90. The van der Waals surface area contributed by atoms with E-state index in [-0.39, 0.29) is 0 Å². The summed E-state index contributed by atoms with van der Waals surface area (Å²) in [6.45, 7) is 1.92. The molecular formula is C11H9BrO. The lowest BCUT2D eigenvalue weighted by Gasteiger charge is -2.05. The van der Waals surface area contributed by atoms with Crippen LogP contribution in [-0.4, -0.2) is 5.11 Å². The molecule has 2 aromatic carbocycles. The average molecular weight is 237 g/mol. The highest BCUT2D eigenvalue weighted by Gasteiger charge is 2.03. The Morgan fingerprint density at radius 3 is 2.62 bits per heavy atom. The molecule has 0 aliphatic carbocycles. The Labute approximate surface area is 85.1 Å². The van der Waals surface area contributed by atoms with Crippen molar-refractivity contribution in [2.75, 3.05) is 0 Å². The van der Waals surface area contributed by atoms with Gasteiger partial charge in [0.2, 0.25) is 0 Å². The first kappa shape index (κ1) is 8.57. The first-order valence-corrected chi connectivity index (χ1v) is 4.86. The molecule has 0 bridgehead atoms. The van der Waals surface area contributed by atoms with Crippen molar-refractivity contribution in [2.45, 2.75) is 6.92 Å². The van der Waals surface area contributed by atoms with Crippen LogP contribution in [0.5, 0.6) is 5.75 Å². The molecule has 0 fully saturated rings. The van der Waals surface area contributed by atoms with Crippen LogP contribution in [0.25, 0.3) is 10.8 Å². The van der Waals surface area contributed by atoms with Gasteiger partial charge in [0.05, 0.1) is 0 Å². The van der Waals surface area contributed by atoms with E-state index in [1.807, 2.05) is 31.2 Å². The van der Waals surface area contributed by atoms with Gasteiger partial charge >= 0.3 is 0 Å². The number of phenols is 1. The lowest BCUT2D eigenvalue weighted by atomic mass is 10.1. The molecule has 0 spiro atoms. The maximum Gasteiger partial charge on any atom is 0.119 e. The molecule has 0 heterocycles. The predicted octanol–water partition coefficient (Wildman–Crippen LogP) is 3.62. The van der Waals surface area contributed by atoms with Crippen molar-refractivity contribution in [1.82, 2.24) is 0 Å². The summed E-state index contributed by atoms with van der Waals surface area (Å²) in [5.41, 5.74) is 0.929. The quantitative estimate of drug-likeness (QED) is 0.741. The SMILES string of the molecule is Cc1c(O)ccc2c(Br)cccc12. The van der Waals surface area contributed by atoms with Gasteiger partial charge in [-0.3, -0.25) is 0 Å². The van der Waals surface area contributed by atoms with E-state index in [1.165, 1.54) is 0 Å². The minimum absolute atomic E-state index is 0.352. The highest BCUT2D eigenvalue weighted by molar-refractivity contribution is 9.10. The standard InChI is InChI=1S/C11H9BrO/c1-7-8-3-2-4-10(12)9(8)5-6-11(7)13/h2-6,13H,1H3. The number of fused-ring (bicyclic) bond motifs is 1. The largest absolute Gasteiger partial charge is 0.508 e. The van der Waals surface area contributed by atoms with Crippen LogP contribution in [0, 0.1) is 6.92 Å². The fourth-order valence-corrected chi connectivity index (χ4v) is 1.96. The average Bonchev–Trinajstić information content (AvgIpc) is 2.12. The fourth-order valence-electron chi connectivity index (χ4n) is 1.46. The molecule has 0 unspecified atom stereocenters. The molecule has 2 heteroatoms. The van der Waals surface area contributed by atoms with Crippen molar-refractivity contribution in [2.24, 2.45) is 0 Å². The molecule has 0 saturated heterocycles. The number of hydrogen-bond acceptors (Lipinski definition) is 1. The van der Waals surface area contributed by atoms with Gasteiger partial charge < -0.3 is 5.11 Å². The highest BCUT2D eigenvalue weighted by atomic mass is 79.9. The maximum absolute atomic E-state index is 9.49. The van der Waals surface area contributed by atoms with E-state index in [9.17, 15) is 5.11 Å². The van der Waals surface area contributed by atoms with Crippen LogP contribution in [0.1, 0.15) is 5.56 Å². The van der Waals surface area contributed by atoms with E-state index in [0.717, 1.165) is 20.8 Å². The van der Waals surface area contributed by atoms with Gasteiger partial charge in [-0.2, -0.15) is 0 Å². The minimum atomic E-state index is 0.352. The van der Waals surface area contributed by atoms with Crippen molar-refractivity contribution in [1.29, 1.82) is 0 Å². The van der Waals surface area contributed by atoms with Crippen molar-refractivity contribution >= 4 is 26.7 Å². The first-order valence-electron chi connectivity index (χ1n) is 4.07. The van der Waals surface area contributed by atoms with Crippen LogP contribution in [0.4, 0.5) is 0 Å². The van der Waals surface area contributed by atoms with E-state index in [4.69, 9.17) is 0 Å². The third-order valence-corrected chi connectivity index (χ3v) is 2.94. The molecular weight excluding hydrogens is 228 g/mol. The summed E-state index contributed by atoms with van der Waals surface area (Å²) in [5, 5.41) is 11.7. The number of halogens is 1. The fraction of sp³-hybridized carbons (Fsp3) is 0.0909.